The molecule has 1 fully saturated rings. The monoisotopic (exact) mass is 484 g/mol. The molecule has 1 atom stereocenters. The molecule has 0 bridgehead atoms. The fourth-order valence-corrected chi connectivity index (χ4v) is 4.86. The number of nitrogens with one attached hydrogen (secondary N) is 1. The van der Waals surface area contributed by atoms with E-state index in [9.17, 15) is 9.90 Å². The number of nitrogens with zero attached hydrogens (tertiary/aromatic N) is 5. The van der Waals surface area contributed by atoms with Crippen molar-refractivity contribution in [3.8, 4) is 17.0 Å². The number of carbonyl (C=O) groups excluding carboxylic acids is 1. The second kappa shape index (κ2) is 9.53. The van der Waals surface area contributed by atoms with Gasteiger partial charge in [0.25, 0.3) is 0 Å². The van der Waals surface area contributed by atoms with Crippen LogP contribution in [-0.4, -0.2) is 62.5 Å². The van der Waals surface area contributed by atoms with Gasteiger partial charge < -0.3 is 20.2 Å². The molecule has 1 aliphatic rings. The number of aryl methyl sites for hydroxylation is 1. The van der Waals surface area contributed by atoms with Gasteiger partial charge in [-0.1, -0.05) is 6.07 Å². The molecule has 1 aliphatic heterocycles. The number of hydrogen-bond acceptors (Lipinski definition) is 6. The minimum Gasteiger partial charge on any atom is -0.508 e. The molecule has 0 spiro atoms. The molecule has 0 radical (unpaired) electrons. The molecule has 5 rings (SSSR count). The van der Waals surface area contributed by atoms with Gasteiger partial charge in [-0.15, -0.1) is 0 Å². The second-order valence-electron chi connectivity index (χ2n) is 9.49. The molecule has 4 aromatic rings. The lowest BCUT2D eigenvalue weighted by atomic mass is 10.0. The Morgan fingerprint density at radius 1 is 1.00 bits per heavy atom. The number of phenols is 1. The van der Waals surface area contributed by atoms with Gasteiger partial charge in [-0.05, 0) is 74.7 Å². The summed E-state index contributed by atoms with van der Waals surface area (Å²) in [6.07, 6.45) is 5.22. The third kappa shape index (κ3) is 4.34. The Morgan fingerprint density at radius 3 is 2.44 bits per heavy atom. The van der Waals surface area contributed by atoms with Crippen molar-refractivity contribution in [3.05, 3.63) is 71.7 Å². The summed E-state index contributed by atoms with van der Waals surface area (Å²) in [4.78, 5) is 26.7. The third-order valence-corrected chi connectivity index (χ3v) is 7.26. The van der Waals surface area contributed by atoms with E-state index in [2.05, 4.69) is 48.1 Å². The molecule has 2 N–H and O–H groups in total. The SMILES string of the molecule is Cc1ccc(N2CCN(C(=O)C(C)Nc3c(-c4ccc(O)cc4)nc4cnccn34)CC2)c(C)c1C. The van der Waals surface area contributed by atoms with Crippen LogP contribution in [0, 0.1) is 20.8 Å². The number of aromatic hydroxyl groups is 1. The number of piperazine rings is 1. The van der Waals surface area contributed by atoms with Crippen LogP contribution in [0.3, 0.4) is 0 Å². The van der Waals surface area contributed by atoms with Crippen LogP contribution in [0.15, 0.2) is 55.0 Å². The highest BCUT2D eigenvalue weighted by Crippen LogP contribution is 2.31. The number of anilines is 2. The topological polar surface area (TPSA) is 86.0 Å². The van der Waals surface area contributed by atoms with Crippen molar-refractivity contribution in [3.63, 3.8) is 0 Å². The Kier molecular flexibility index (Phi) is 6.26. The van der Waals surface area contributed by atoms with Gasteiger partial charge in [0.2, 0.25) is 5.91 Å². The minimum absolute atomic E-state index is 0.0621. The molecule has 0 aliphatic carbocycles. The number of fused-ring (bicyclic) bond motifs is 1. The number of phenolic OH excluding ortho intramolecular Hbond substituents is 1. The van der Waals surface area contributed by atoms with Crippen molar-refractivity contribution in [2.24, 2.45) is 0 Å². The van der Waals surface area contributed by atoms with E-state index in [1.54, 1.807) is 24.5 Å². The van der Waals surface area contributed by atoms with Gasteiger partial charge in [0.05, 0.1) is 6.20 Å². The van der Waals surface area contributed by atoms with E-state index < -0.39 is 6.04 Å². The predicted molar refractivity (Wildman–Crippen MR) is 143 cm³/mol. The number of amides is 1. The first-order valence-electron chi connectivity index (χ1n) is 12.3. The number of carbonyl (C=O) groups is 1. The van der Waals surface area contributed by atoms with Crippen molar-refractivity contribution in [1.29, 1.82) is 0 Å². The Hall–Kier alpha value is -4.07. The van der Waals surface area contributed by atoms with E-state index in [0.717, 1.165) is 24.5 Å². The summed E-state index contributed by atoms with van der Waals surface area (Å²) in [5.74, 6) is 0.979. The molecule has 2 aromatic heterocycles. The van der Waals surface area contributed by atoms with Gasteiger partial charge in [-0.2, -0.15) is 0 Å². The van der Waals surface area contributed by atoms with Crippen LogP contribution in [0.4, 0.5) is 11.5 Å². The van der Waals surface area contributed by atoms with Crippen molar-refractivity contribution < 1.29 is 9.90 Å². The normalized spacial score (nSPS) is 14.8. The summed E-state index contributed by atoms with van der Waals surface area (Å²) in [6.45, 7) is 11.4. The van der Waals surface area contributed by atoms with E-state index >= 15 is 0 Å². The van der Waals surface area contributed by atoms with Gasteiger partial charge in [0, 0.05) is 49.8 Å². The largest absolute Gasteiger partial charge is 0.508 e. The second-order valence-corrected chi connectivity index (χ2v) is 9.49. The summed E-state index contributed by atoms with van der Waals surface area (Å²) in [7, 11) is 0. The van der Waals surface area contributed by atoms with Crippen molar-refractivity contribution in [2.45, 2.75) is 33.7 Å². The zero-order valence-electron chi connectivity index (χ0n) is 21.2. The van der Waals surface area contributed by atoms with Gasteiger partial charge in [-0.25, -0.2) is 4.98 Å². The van der Waals surface area contributed by atoms with Crippen LogP contribution in [0.25, 0.3) is 16.9 Å². The molecular weight excluding hydrogens is 452 g/mol. The number of aromatic nitrogens is 3. The molecular formula is C28H32N6O2. The maximum absolute atomic E-state index is 13.4. The first-order chi connectivity index (χ1) is 17.3. The first kappa shape index (κ1) is 23.7. The predicted octanol–water partition coefficient (Wildman–Crippen LogP) is 4.18. The highest BCUT2D eigenvalue weighted by atomic mass is 16.3. The van der Waals surface area contributed by atoms with E-state index in [1.807, 2.05) is 34.6 Å². The summed E-state index contributed by atoms with van der Waals surface area (Å²) in [6, 6.07) is 10.8. The number of hydrogen-bond donors (Lipinski definition) is 2. The van der Waals surface area contributed by atoms with Gasteiger partial charge in [-0.3, -0.25) is 14.2 Å². The quantitative estimate of drug-likeness (QED) is 0.442. The fraction of sp³-hybridized carbons (Fsp3) is 0.321. The van der Waals surface area contributed by atoms with Crippen LogP contribution in [0.5, 0.6) is 5.75 Å². The van der Waals surface area contributed by atoms with Crippen molar-refractivity contribution in [1.82, 2.24) is 19.3 Å². The van der Waals surface area contributed by atoms with Crippen molar-refractivity contribution >= 4 is 23.1 Å². The van der Waals surface area contributed by atoms with Crippen LogP contribution in [-0.2, 0) is 4.79 Å². The van der Waals surface area contributed by atoms with Crippen LogP contribution >= 0.6 is 0 Å². The molecule has 8 heteroatoms. The molecule has 1 saturated heterocycles. The van der Waals surface area contributed by atoms with Gasteiger partial charge in [0.1, 0.15) is 23.3 Å². The van der Waals surface area contributed by atoms with Crippen LogP contribution in [0.2, 0.25) is 0 Å². The summed E-state index contributed by atoms with van der Waals surface area (Å²) < 4.78 is 1.90. The summed E-state index contributed by atoms with van der Waals surface area (Å²) in [5.41, 5.74) is 7.44. The summed E-state index contributed by atoms with van der Waals surface area (Å²) >= 11 is 0. The molecule has 3 heterocycles. The van der Waals surface area contributed by atoms with Crippen molar-refractivity contribution in [2.75, 3.05) is 36.4 Å². The highest BCUT2D eigenvalue weighted by molar-refractivity contribution is 5.87. The van der Waals surface area contributed by atoms with Crippen LogP contribution in [0.1, 0.15) is 23.6 Å². The average molecular weight is 485 g/mol. The Balaban J connectivity index is 1.32. The Morgan fingerprint density at radius 2 is 1.72 bits per heavy atom. The Bertz CT molecular complexity index is 1400. The molecule has 8 nitrogen and oxygen atoms in total. The number of rotatable bonds is 5. The van der Waals surface area contributed by atoms with E-state index in [1.165, 1.54) is 22.4 Å². The lowest BCUT2D eigenvalue weighted by Crippen LogP contribution is -2.52. The molecule has 1 amide bonds. The van der Waals surface area contributed by atoms with Gasteiger partial charge >= 0.3 is 0 Å². The van der Waals surface area contributed by atoms with E-state index in [4.69, 9.17) is 4.98 Å². The molecule has 1 unspecified atom stereocenters. The zero-order valence-corrected chi connectivity index (χ0v) is 21.2. The lowest BCUT2D eigenvalue weighted by Gasteiger charge is -2.38. The lowest BCUT2D eigenvalue weighted by molar-refractivity contribution is -0.131. The minimum atomic E-state index is -0.441. The number of imidazole rings is 1. The molecule has 2 aromatic carbocycles. The highest BCUT2D eigenvalue weighted by Gasteiger charge is 2.27. The van der Waals surface area contributed by atoms with Gasteiger partial charge in [0.15, 0.2) is 5.65 Å². The van der Waals surface area contributed by atoms with Crippen LogP contribution < -0.4 is 10.2 Å². The standard InChI is InChI=1S/C28H32N6O2/c1-18-5-10-24(20(3)19(18)2)32-13-15-33(16-14-32)28(36)21(4)30-27-26(22-6-8-23(35)9-7-22)31-25-17-29-11-12-34(25)27/h5-12,17,21,30,35H,13-16H2,1-4H3. The first-order valence-corrected chi connectivity index (χ1v) is 12.3. The smallest absolute Gasteiger partial charge is 0.244 e. The average Bonchev–Trinajstić information content (AvgIpc) is 3.26. The molecule has 36 heavy (non-hydrogen) atoms. The Labute approximate surface area is 211 Å². The zero-order chi connectivity index (χ0) is 25.4. The number of benzene rings is 2. The van der Waals surface area contributed by atoms with E-state index in [-0.39, 0.29) is 11.7 Å². The van der Waals surface area contributed by atoms with E-state index in [0.29, 0.717) is 24.4 Å². The summed E-state index contributed by atoms with van der Waals surface area (Å²) in [5, 5.41) is 13.1. The maximum Gasteiger partial charge on any atom is 0.244 e. The fourth-order valence-electron chi connectivity index (χ4n) is 4.86. The third-order valence-electron chi connectivity index (χ3n) is 7.26. The molecule has 0 saturated carbocycles. The maximum atomic E-state index is 13.4. The molecule has 186 valence electrons.